The van der Waals surface area contributed by atoms with Crippen LogP contribution in [0.2, 0.25) is 5.02 Å². The van der Waals surface area contributed by atoms with Crippen molar-refractivity contribution in [3.05, 3.63) is 71.4 Å². The number of carbonyl (C=O) groups is 1. The van der Waals surface area contributed by atoms with E-state index in [1.807, 2.05) is 4.40 Å². The van der Waals surface area contributed by atoms with E-state index >= 15 is 0 Å². The Morgan fingerprint density at radius 2 is 2.03 bits per heavy atom. The fourth-order valence-electron chi connectivity index (χ4n) is 4.48. The minimum Gasteiger partial charge on any atom is -0.494 e. The second kappa shape index (κ2) is 11.3. The van der Waals surface area contributed by atoms with Crippen LogP contribution in [0.15, 0.2) is 55.0 Å². The van der Waals surface area contributed by atoms with Crippen molar-refractivity contribution in [2.75, 3.05) is 58.7 Å². The number of ether oxygens (including phenoxy) is 1. The van der Waals surface area contributed by atoms with E-state index in [0.29, 0.717) is 45.5 Å². The summed E-state index contributed by atoms with van der Waals surface area (Å²) in [6.07, 6.45) is 5.05. The lowest BCUT2D eigenvalue weighted by Crippen LogP contribution is -2.46. The van der Waals surface area contributed by atoms with Gasteiger partial charge in [-0.15, -0.1) is 0 Å². The summed E-state index contributed by atoms with van der Waals surface area (Å²) in [6, 6.07) is 9.97. The number of methoxy groups -OCH3 is 1. The maximum Gasteiger partial charge on any atom is 0.255 e. The van der Waals surface area contributed by atoms with Crippen molar-refractivity contribution in [1.29, 1.82) is 0 Å². The lowest BCUT2D eigenvalue weighted by Gasteiger charge is -2.29. The van der Waals surface area contributed by atoms with Gasteiger partial charge in [-0.05, 0) is 36.4 Å². The van der Waals surface area contributed by atoms with E-state index < -0.39 is 5.82 Å². The molecule has 3 heterocycles. The largest absolute Gasteiger partial charge is 0.494 e. The van der Waals surface area contributed by atoms with Crippen molar-refractivity contribution in [2.45, 2.75) is 0 Å². The Balaban J connectivity index is 1.31. The number of nitrogens with zero attached hydrogens (tertiary/aromatic N) is 5. The SMILES string of the molecule is COc1ccc(-c2cnc3c(Nc4ccc(C(=O)N(C)CCN5CCNCC5)c(Cl)c4)nccn23)cc1F. The summed E-state index contributed by atoms with van der Waals surface area (Å²) in [5.41, 5.74) is 3.02. The van der Waals surface area contributed by atoms with Crippen LogP contribution in [0, 0.1) is 5.82 Å². The molecule has 198 valence electrons. The van der Waals surface area contributed by atoms with Crippen molar-refractivity contribution in [1.82, 2.24) is 29.5 Å². The van der Waals surface area contributed by atoms with Crippen LogP contribution in [0.1, 0.15) is 10.4 Å². The van der Waals surface area contributed by atoms with Gasteiger partial charge in [0.15, 0.2) is 23.0 Å². The third-order valence-electron chi connectivity index (χ3n) is 6.65. The van der Waals surface area contributed by atoms with Gasteiger partial charge >= 0.3 is 0 Å². The van der Waals surface area contributed by atoms with Gasteiger partial charge in [0.05, 0.1) is 29.6 Å². The number of halogens is 2. The van der Waals surface area contributed by atoms with Gasteiger partial charge in [0, 0.05) is 70.0 Å². The number of nitrogens with one attached hydrogen (secondary N) is 2. The Morgan fingerprint density at radius 1 is 1.21 bits per heavy atom. The summed E-state index contributed by atoms with van der Waals surface area (Å²) in [5.74, 6) is 0.0970. The Labute approximate surface area is 225 Å². The maximum atomic E-state index is 14.3. The first-order valence-electron chi connectivity index (χ1n) is 12.4. The third-order valence-corrected chi connectivity index (χ3v) is 6.96. The van der Waals surface area contributed by atoms with E-state index in [1.54, 1.807) is 60.9 Å². The Kier molecular flexibility index (Phi) is 7.73. The average Bonchev–Trinajstić information content (AvgIpc) is 3.37. The van der Waals surface area contributed by atoms with Crippen molar-refractivity contribution in [3.8, 4) is 17.0 Å². The molecule has 1 amide bonds. The van der Waals surface area contributed by atoms with Gasteiger partial charge in [-0.2, -0.15) is 0 Å². The molecule has 4 aromatic rings. The smallest absolute Gasteiger partial charge is 0.255 e. The van der Waals surface area contributed by atoms with Gasteiger partial charge in [-0.25, -0.2) is 14.4 Å². The predicted molar refractivity (Wildman–Crippen MR) is 146 cm³/mol. The van der Waals surface area contributed by atoms with Crippen molar-refractivity contribution < 1.29 is 13.9 Å². The molecule has 0 saturated carbocycles. The highest BCUT2D eigenvalue weighted by atomic mass is 35.5. The van der Waals surface area contributed by atoms with Gasteiger partial charge < -0.3 is 20.3 Å². The molecule has 9 nitrogen and oxygen atoms in total. The van der Waals surface area contributed by atoms with Gasteiger partial charge in [0.1, 0.15) is 0 Å². The molecule has 0 atom stereocenters. The molecule has 2 N–H and O–H groups in total. The van der Waals surface area contributed by atoms with Gasteiger partial charge in [-0.1, -0.05) is 11.6 Å². The number of carbonyl (C=O) groups excluding carboxylic acids is 1. The number of anilines is 2. The Hall–Kier alpha value is -3.73. The Morgan fingerprint density at radius 3 is 2.76 bits per heavy atom. The van der Waals surface area contributed by atoms with Gasteiger partial charge in [0.25, 0.3) is 5.91 Å². The van der Waals surface area contributed by atoms with Crippen molar-refractivity contribution in [3.63, 3.8) is 0 Å². The molecule has 11 heteroatoms. The maximum absolute atomic E-state index is 14.3. The monoisotopic (exact) mass is 537 g/mol. The molecule has 38 heavy (non-hydrogen) atoms. The first kappa shape index (κ1) is 25.9. The molecule has 0 unspecified atom stereocenters. The van der Waals surface area contributed by atoms with E-state index in [0.717, 1.165) is 32.7 Å². The predicted octanol–water partition coefficient (Wildman–Crippen LogP) is 3.92. The molecule has 1 fully saturated rings. The molecule has 5 rings (SSSR count). The first-order valence-corrected chi connectivity index (χ1v) is 12.7. The van der Waals surface area contributed by atoms with E-state index in [4.69, 9.17) is 16.3 Å². The number of benzene rings is 2. The van der Waals surface area contributed by atoms with Crippen molar-refractivity contribution in [2.24, 2.45) is 0 Å². The Bertz CT molecular complexity index is 1450. The number of fused-ring (bicyclic) bond motifs is 1. The lowest BCUT2D eigenvalue weighted by atomic mass is 10.1. The van der Waals surface area contributed by atoms with Gasteiger partial charge in [-0.3, -0.25) is 14.1 Å². The molecule has 2 aromatic heterocycles. The fraction of sp³-hybridized carbons (Fsp3) is 0.296. The second-order valence-corrected chi connectivity index (χ2v) is 9.51. The zero-order valence-electron chi connectivity index (χ0n) is 21.2. The zero-order valence-corrected chi connectivity index (χ0v) is 22.0. The van der Waals surface area contributed by atoms with E-state index in [2.05, 4.69) is 25.5 Å². The van der Waals surface area contributed by atoms with Crippen LogP contribution < -0.4 is 15.4 Å². The topological polar surface area (TPSA) is 87.0 Å². The van der Waals surface area contributed by atoms with Crippen LogP contribution in [0.5, 0.6) is 5.75 Å². The molecule has 1 aliphatic heterocycles. The van der Waals surface area contributed by atoms with Crippen LogP contribution in [0.3, 0.4) is 0 Å². The minimum atomic E-state index is -0.453. The standard InChI is InChI=1S/C27H29ClFN7O2/c1-34(13-14-35-10-7-30-8-11-35)27(37)20-5-4-19(16-21(20)28)33-25-26-32-17-23(36(26)12-9-31-25)18-3-6-24(38-2)22(29)15-18/h3-6,9,12,15-17,30H,7-8,10-11,13-14H2,1-2H3,(H,31,33). The molecular formula is C27H29ClFN7O2. The normalized spacial score (nSPS) is 14.0. The third kappa shape index (κ3) is 5.42. The second-order valence-electron chi connectivity index (χ2n) is 9.10. The molecule has 0 radical (unpaired) electrons. The number of hydrogen-bond acceptors (Lipinski definition) is 7. The number of imidazole rings is 1. The molecule has 1 saturated heterocycles. The van der Waals surface area contributed by atoms with Crippen LogP contribution >= 0.6 is 11.6 Å². The number of likely N-dealkylation sites (N-methyl/N-ethyl adjacent to an activating group) is 1. The van der Waals surface area contributed by atoms with Crippen molar-refractivity contribution >= 4 is 34.7 Å². The highest BCUT2D eigenvalue weighted by Gasteiger charge is 2.18. The molecule has 0 spiro atoms. The zero-order chi connectivity index (χ0) is 26.6. The summed E-state index contributed by atoms with van der Waals surface area (Å²) in [4.78, 5) is 26.0. The number of aromatic nitrogens is 3. The molecule has 1 aliphatic rings. The van der Waals surface area contributed by atoms with E-state index in [9.17, 15) is 9.18 Å². The van der Waals surface area contributed by atoms with Gasteiger partial charge in [0.2, 0.25) is 0 Å². The summed E-state index contributed by atoms with van der Waals surface area (Å²) >= 11 is 6.53. The fourth-order valence-corrected chi connectivity index (χ4v) is 4.74. The van der Waals surface area contributed by atoms with E-state index in [1.165, 1.54) is 13.2 Å². The first-order chi connectivity index (χ1) is 18.4. The summed E-state index contributed by atoms with van der Waals surface area (Å²) in [7, 11) is 3.22. The number of piperazine rings is 1. The highest BCUT2D eigenvalue weighted by molar-refractivity contribution is 6.34. The minimum absolute atomic E-state index is 0.124. The number of rotatable bonds is 8. The highest BCUT2D eigenvalue weighted by Crippen LogP contribution is 2.29. The summed E-state index contributed by atoms with van der Waals surface area (Å²) in [5, 5.41) is 6.91. The molecule has 0 bridgehead atoms. The lowest BCUT2D eigenvalue weighted by molar-refractivity contribution is 0.0775. The van der Waals surface area contributed by atoms with Crippen LogP contribution in [0.4, 0.5) is 15.9 Å². The van der Waals surface area contributed by atoms with Crippen LogP contribution in [-0.4, -0.2) is 83.5 Å². The molecular weight excluding hydrogens is 509 g/mol. The molecule has 2 aromatic carbocycles. The quantitative estimate of drug-likeness (QED) is 0.352. The van der Waals surface area contributed by atoms with E-state index in [-0.39, 0.29) is 11.7 Å². The summed E-state index contributed by atoms with van der Waals surface area (Å²) in [6.45, 7) is 5.37. The summed E-state index contributed by atoms with van der Waals surface area (Å²) < 4.78 is 21.1. The average molecular weight is 538 g/mol. The molecule has 0 aliphatic carbocycles. The van der Waals surface area contributed by atoms with Crippen LogP contribution in [0.25, 0.3) is 16.9 Å². The number of amides is 1. The number of hydrogen-bond donors (Lipinski definition) is 2. The van der Waals surface area contributed by atoms with Crippen LogP contribution in [-0.2, 0) is 0 Å².